The van der Waals surface area contributed by atoms with Crippen LogP contribution in [-0.2, 0) is 13.1 Å². The molecular formula is C47H52BrClN14O3. The molecule has 19 heteroatoms. The number of halogens is 2. The summed E-state index contributed by atoms with van der Waals surface area (Å²) in [6.07, 6.45) is 15.8. The van der Waals surface area contributed by atoms with E-state index in [1.165, 1.54) is 18.0 Å². The number of primary amides is 1. The molecule has 2 fully saturated rings. The Balaban J connectivity index is 0.000000147. The van der Waals surface area contributed by atoms with Crippen LogP contribution in [0.5, 0.6) is 0 Å². The Morgan fingerprint density at radius 1 is 0.818 bits per heavy atom. The third kappa shape index (κ3) is 10.4. The first kappa shape index (κ1) is 45.8. The number of rotatable bonds is 9. The molecule has 8 heterocycles. The highest BCUT2D eigenvalue weighted by atomic mass is 79.9. The summed E-state index contributed by atoms with van der Waals surface area (Å²) in [6, 6.07) is 18.3. The molecule has 2 aliphatic heterocycles. The standard InChI is InChI=1S/C23H24ClN7O.C12H16BrN5.C12H12N2O2/c24-18-10-28-23-19(21(18)30-8-4-7-15(25)12-30)16(9-27-23)20-17(22(26)32)13-31(29-20)11-14-5-2-1-3-6-14;13-8-4-16-12-10(9(15)5-17-12)11(8)18-3-1-2-7(14)6-18;1-9-2-4-10(5-3-9)7-14-8-11(6-13-14)12(15)16/h1-3,5-6,9-10,13,15H,4,7-8,11-12,25H2,(H2,26,32)(H,27,28);4-5,7H,1-3,6,14-15H2,(H,16,17);2-6,8H,7H2,1H3,(H,15,16)/t15-;7-;/m11./s1. The summed E-state index contributed by atoms with van der Waals surface area (Å²) in [4.78, 5) is 42.5. The Bertz CT molecular complexity index is 2960. The number of piperidine rings is 2. The number of carbonyl (C=O) groups is 2. The summed E-state index contributed by atoms with van der Waals surface area (Å²) in [5, 5.41) is 19.8. The predicted molar refractivity (Wildman–Crippen MR) is 263 cm³/mol. The molecule has 0 saturated carbocycles. The first-order chi connectivity index (χ1) is 31.8. The van der Waals surface area contributed by atoms with Crippen molar-refractivity contribution >= 4 is 78.5 Å². The van der Waals surface area contributed by atoms with Crippen LogP contribution in [0, 0.1) is 6.92 Å². The van der Waals surface area contributed by atoms with Crippen molar-refractivity contribution in [1.82, 2.24) is 39.5 Å². The number of anilines is 3. The van der Waals surface area contributed by atoms with Gasteiger partial charge in [-0.3, -0.25) is 14.2 Å². The fraction of sp³-hybridized carbons (Fsp3) is 0.277. The number of pyridine rings is 2. The highest BCUT2D eigenvalue weighted by Crippen LogP contribution is 2.41. The van der Waals surface area contributed by atoms with Crippen molar-refractivity contribution in [3.8, 4) is 11.3 Å². The van der Waals surface area contributed by atoms with Crippen LogP contribution in [0.15, 0.2) is 102 Å². The van der Waals surface area contributed by atoms with Gasteiger partial charge in [0.05, 0.1) is 73.9 Å². The Morgan fingerprint density at radius 3 is 2.09 bits per heavy atom. The van der Waals surface area contributed by atoms with E-state index in [9.17, 15) is 9.59 Å². The molecule has 8 aromatic rings. The summed E-state index contributed by atoms with van der Waals surface area (Å²) < 4.78 is 4.32. The van der Waals surface area contributed by atoms with Crippen LogP contribution in [0.3, 0.4) is 0 Å². The molecule has 2 aromatic carbocycles. The number of nitrogens with zero attached hydrogens (tertiary/aromatic N) is 8. The van der Waals surface area contributed by atoms with Gasteiger partial charge in [0.25, 0.3) is 5.91 Å². The molecule has 0 spiro atoms. The van der Waals surface area contributed by atoms with E-state index in [0.29, 0.717) is 41.6 Å². The number of aromatic amines is 2. The fourth-order valence-corrected chi connectivity index (χ4v) is 9.27. The van der Waals surface area contributed by atoms with Gasteiger partial charge in [-0.1, -0.05) is 71.8 Å². The molecule has 2 saturated heterocycles. The van der Waals surface area contributed by atoms with Crippen molar-refractivity contribution in [2.75, 3.05) is 41.7 Å². The summed E-state index contributed by atoms with van der Waals surface area (Å²) >= 11 is 10.2. The quantitative estimate of drug-likeness (QED) is 0.0777. The zero-order valence-corrected chi connectivity index (χ0v) is 38.7. The van der Waals surface area contributed by atoms with Crippen LogP contribution in [-0.4, -0.2) is 94.7 Å². The maximum atomic E-state index is 12.3. The van der Waals surface area contributed by atoms with Crippen molar-refractivity contribution in [3.63, 3.8) is 0 Å². The second kappa shape index (κ2) is 20.2. The Kier molecular flexibility index (Phi) is 14.0. The van der Waals surface area contributed by atoms with Gasteiger partial charge in [-0.05, 0) is 59.7 Å². The number of nitrogens with two attached hydrogens (primary N) is 4. The number of nitrogen functional groups attached to an aromatic ring is 1. The molecule has 1 amide bonds. The van der Waals surface area contributed by atoms with Crippen LogP contribution >= 0.6 is 27.5 Å². The average molecular weight is 976 g/mol. The Labute approximate surface area is 394 Å². The van der Waals surface area contributed by atoms with Crippen LogP contribution in [0.25, 0.3) is 33.3 Å². The van der Waals surface area contributed by atoms with E-state index in [1.54, 1.807) is 28.0 Å². The monoisotopic (exact) mass is 974 g/mol. The van der Waals surface area contributed by atoms with E-state index in [2.05, 4.69) is 50.8 Å². The zero-order chi connectivity index (χ0) is 46.5. The molecule has 0 bridgehead atoms. The molecule has 0 radical (unpaired) electrons. The van der Waals surface area contributed by atoms with Gasteiger partial charge in [-0.25, -0.2) is 14.8 Å². The van der Waals surface area contributed by atoms with Crippen LogP contribution in [0.1, 0.15) is 63.1 Å². The number of aromatic carboxylic acids is 1. The van der Waals surface area contributed by atoms with E-state index in [1.807, 2.05) is 73.9 Å². The van der Waals surface area contributed by atoms with Crippen LogP contribution in [0.2, 0.25) is 5.02 Å². The summed E-state index contributed by atoms with van der Waals surface area (Å²) in [6.45, 7) is 6.57. The summed E-state index contributed by atoms with van der Waals surface area (Å²) in [5.74, 6) is -1.49. The number of amides is 1. The van der Waals surface area contributed by atoms with Gasteiger partial charge in [0.1, 0.15) is 17.0 Å². The van der Waals surface area contributed by atoms with E-state index in [-0.39, 0.29) is 17.6 Å². The number of carboxylic acid groups (broad SMARTS) is 1. The minimum absolute atomic E-state index is 0.0803. The number of nitrogens with one attached hydrogen (secondary N) is 2. The van der Waals surface area contributed by atoms with Gasteiger partial charge in [0, 0.05) is 74.8 Å². The van der Waals surface area contributed by atoms with E-state index >= 15 is 0 Å². The number of fused-ring (bicyclic) bond motifs is 2. The second-order valence-electron chi connectivity index (χ2n) is 16.7. The number of hydrogen-bond acceptors (Lipinski definition) is 11. The maximum Gasteiger partial charge on any atom is 0.338 e. The van der Waals surface area contributed by atoms with Gasteiger partial charge in [-0.15, -0.1) is 0 Å². The minimum Gasteiger partial charge on any atom is -0.478 e. The van der Waals surface area contributed by atoms with Gasteiger partial charge in [0.15, 0.2) is 0 Å². The number of aromatic nitrogens is 8. The molecular weight excluding hydrogens is 924 g/mol. The molecule has 10 rings (SSSR count). The molecule has 2 aliphatic rings. The van der Waals surface area contributed by atoms with E-state index < -0.39 is 11.9 Å². The third-order valence-electron chi connectivity index (χ3n) is 11.7. The average Bonchev–Trinajstić information content (AvgIpc) is 4.12. The topological polar surface area (TPSA) is 258 Å². The molecule has 0 unspecified atom stereocenters. The van der Waals surface area contributed by atoms with Crippen LogP contribution in [0.4, 0.5) is 17.1 Å². The molecule has 6 aromatic heterocycles. The van der Waals surface area contributed by atoms with Gasteiger partial charge < -0.3 is 47.8 Å². The molecule has 342 valence electrons. The number of benzene rings is 2. The second-order valence-corrected chi connectivity index (χ2v) is 17.9. The Morgan fingerprint density at radius 2 is 1.44 bits per heavy atom. The number of H-pyrrole nitrogens is 2. The van der Waals surface area contributed by atoms with Gasteiger partial charge >= 0.3 is 5.97 Å². The molecule has 11 N–H and O–H groups in total. The van der Waals surface area contributed by atoms with E-state index in [0.717, 1.165) is 100.0 Å². The molecule has 2 atom stereocenters. The summed E-state index contributed by atoms with van der Waals surface area (Å²) in [7, 11) is 0. The number of aryl methyl sites for hydroxylation is 1. The van der Waals surface area contributed by atoms with Crippen molar-refractivity contribution in [2.24, 2.45) is 17.2 Å². The van der Waals surface area contributed by atoms with Crippen molar-refractivity contribution in [3.05, 3.63) is 135 Å². The smallest absolute Gasteiger partial charge is 0.338 e. The predicted octanol–water partition coefficient (Wildman–Crippen LogP) is 6.93. The summed E-state index contributed by atoms with van der Waals surface area (Å²) in [5.41, 5.74) is 33.4. The Hall–Kier alpha value is -6.73. The van der Waals surface area contributed by atoms with Gasteiger partial charge in [-0.2, -0.15) is 10.2 Å². The highest BCUT2D eigenvalue weighted by molar-refractivity contribution is 9.10. The number of carbonyl (C=O) groups excluding carboxylic acids is 1. The lowest BCUT2D eigenvalue weighted by Crippen LogP contribution is -2.43. The molecule has 0 aliphatic carbocycles. The first-order valence-corrected chi connectivity index (χ1v) is 22.8. The zero-order valence-electron chi connectivity index (χ0n) is 36.4. The lowest BCUT2D eigenvalue weighted by molar-refractivity contribution is 0.0696. The SMILES string of the molecule is Cc1ccc(Cn2cc(C(=O)O)cn2)cc1.NC(=O)c1cn(Cc2ccccc2)nc1-c1c[nH]c2ncc(Cl)c(N3CCC[C@@H](N)C3)c12.Nc1c[nH]c2ncc(Br)c(N3CCC[C@@H](N)C3)c12. The largest absolute Gasteiger partial charge is 0.478 e. The minimum atomic E-state index is -0.949. The number of carboxylic acids is 1. The van der Waals surface area contributed by atoms with Gasteiger partial charge in [0.2, 0.25) is 0 Å². The first-order valence-electron chi connectivity index (χ1n) is 21.6. The third-order valence-corrected chi connectivity index (χ3v) is 12.5. The lowest BCUT2D eigenvalue weighted by Gasteiger charge is -2.33. The number of hydrogen-bond donors (Lipinski definition) is 7. The van der Waals surface area contributed by atoms with Crippen molar-refractivity contribution in [2.45, 2.75) is 57.8 Å². The molecule has 17 nitrogen and oxygen atoms in total. The van der Waals surface area contributed by atoms with Crippen molar-refractivity contribution < 1.29 is 14.7 Å². The van der Waals surface area contributed by atoms with Crippen molar-refractivity contribution in [1.29, 1.82) is 0 Å². The normalized spacial score (nSPS) is 16.1. The maximum absolute atomic E-state index is 12.3. The lowest BCUT2D eigenvalue weighted by atomic mass is 10.0. The molecule has 66 heavy (non-hydrogen) atoms. The van der Waals surface area contributed by atoms with E-state index in [4.69, 9.17) is 44.7 Å². The highest BCUT2D eigenvalue weighted by Gasteiger charge is 2.27. The van der Waals surface area contributed by atoms with Crippen LogP contribution < -0.4 is 32.7 Å². The fourth-order valence-electron chi connectivity index (χ4n) is 8.46.